The number of aromatic nitrogens is 2. The van der Waals surface area contributed by atoms with Crippen LogP contribution in [0.4, 0.5) is 24.5 Å². The Morgan fingerprint density at radius 2 is 1.91 bits per heavy atom. The maximum absolute atomic E-state index is 13.3. The van der Waals surface area contributed by atoms with E-state index in [-0.39, 0.29) is 23.9 Å². The molecule has 0 spiro atoms. The van der Waals surface area contributed by atoms with Gasteiger partial charge in [0.2, 0.25) is 5.91 Å². The van der Waals surface area contributed by atoms with Crippen molar-refractivity contribution in [2.75, 3.05) is 49.6 Å². The second kappa shape index (κ2) is 9.33. The van der Waals surface area contributed by atoms with Gasteiger partial charge in [0.25, 0.3) is 0 Å². The minimum absolute atomic E-state index is 0.00473. The van der Waals surface area contributed by atoms with Gasteiger partial charge >= 0.3 is 6.18 Å². The maximum atomic E-state index is 13.3. The molecule has 0 unspecified atom stereocenters. The zero-order valence-electron chi connectivity index (χ0n) is 19.3. The van der Waals surface area contributed by atoms with E-state index in [0.29, 0.717) is 43.1 Å². The van der Waals surface area contributed by atoms with Crippen molar-refractivity contribution in [2.24, 2.45) is 5.92 Å². The zero-order chi connectivity index (χ0) is 24.6. The lowest BCUT2D eigenvalue weighted by Crippen LogP contribution is -2.53. The highest BCUT2D eigenvalue weighted by atomic mass is 19.4. The number of carbonyl (C=O) groups excluding carboxylic acids is 1. The van der Waals surface area contributed by atoms with Crippen molar-refractivity contribution >= 4 is 28.2 Å². The highest BCUT2D eigenvalue weighted by Crippen LogP contribution is 2.33. The smallest absolute Gasteiger partial charge is 0.380 e. The normalized spacial score (nSPS) is 16.9. The molecule has 2 aliphatic heterocycles. The number of halogens is 3. The molecule has 2 aromatic carbocycles. The second-order valence-corrected chi connectivity index (χ2v) is 8.95. The molecule has 7 nitrogen and oxygen atoms in total. The second-order valence-electron chi connectivity index (χ2n) is 8.95. The SMILES string of the molecule is Cc1c(CNc2cnnc3ccc(N4CCN(C(=O)C5COC5)CC4)cc23)cccc1C(F)(F)F. The Kier molecular flexibility index (Phi) is 6.22. The van der Waals surface area contributed by atoms with Gasteiger partial charge in [-0.25, -0.2) is 0 Å². The van der Waals surface area contributed by atoms with Crippen molar-refractivity contribution in [3.8, 4) is 0 Å². The molecule has 10 heteroatoms. The van der Waals surface area contributed by atoms with Gasteiger partial charge in [-0.3, -0.25) is 4.79 Å². The number of carbonyl (C=O) groups is 1. The number of fused-ring (bicyclic) bond motifs is 1. The van der Waals surface area contributed by atoms with Crippen LogP contribution >= 0.6 is 0 Å². The fraction of sp³-hybridized carbons (Fsp3) is 0.400. The number of benzene rings is 2. The van der Waals surface area contributed by atoms with Crippen LogP contribution in [-0.4, -0.2) is 60.4 Å². The molecule has 1 amide bonds. The van der Waals surface area contributed by atoms with Gasteiger partial charge in [-0.15, -0.1) is 0 Å². The van der Waals surface area contributed by atoms with Crippen molar-refractivity contribution in [2.45, 2.75) is 19.6 Å². The maximum Gasteiger partial charge on any atom is 0.416 e. The van der Waals surface area contributed by atoms with Gasteiger partial charge in [0.15, 0.2) is 0 Å². The molecule has 0 bridgehead atoms. The average molecular weight is 486 g/mol. The van der Waals surface area contributed by atoms with E-state index in [1.165, 1.54) is 13.0 Å². The van der Waals surface area contributed by atoms with Gasteiger partial charge < -0.3 is 19.9 Å². The number of nitrogens with one attached hydrogen (secondary N) is 1. The fourth-order valence-electron chi connectivity index (χ4n) is 4.58. The highest BCUT2D eigenvalue weighted by molar-refractivity contribution is 5.93. The standard InChI is InChI=1S/C25H26F3N5O2/c1-16-17(3-2-4-21(16)25(26,27)28)12-29-23-13-30-31-22-6-5-19(11-20(22)23)32-7-9-33(10-8-32)24(34)18-14-35-15-18/h2-6,11,13,18H,7-10,12,14-15H2,1H3,(H,29,31). The van der Waals surface area contributed by atoms with E-state index in [4.69, 9.17) is 4.74 Å². The molecule has 1 aromatic heterocycles. The van der Waals surface area contributed by atoms with Crippen molar-refractivity contribution < 1.29 is 22.7 Å². The molecular formula is C25H26F3N5O2. The summed E-state index contributed by atoms with van der Waals surface area (Å²) in [5.74, 6) is 0.163. The van der Waals surface area contributed by atoms with E-state index in [2.05, 4.69) is 20.4 Å². The van der Waals surface area contributed by atoms with Crippen molar-refractivity contribution in [3.63, 3.8) is 0 Å². The highest BCUT2D eigenvalue weighted by Gasteiger charge is 2.33. The van der Waals surface area contributed by atoms with Crippen LogP contribution in [0.5, 0.6) is 0 Å². The molecule has 0 atom stereocenters. The Balaban J connectivity index is 1.32. The molecule has 35 heavy (non-hydrogen) atoms. The van der Waals surface area contributed by atoms with E-state index >= 15 is 0 Å². The summed E-state index contributed by atoms with van der Waals surface area (Å²) in [4.78, 5) is 16.6. The number of anilines is 2. The van der Waals surface area contributed by atoms with E-state index in [9.17, 15) is 18.0 Å². The minimum Gasteiger partial charge on any atom is -0.380 e. The molecular weight excluding hydrogens is 459 g/mol. The van der Waals surface area contributed by atoms with Crippen LogP contribution in [-0.2, 0) is 22.3 Å². The summed E-state index contributed by atoms with van der Waals surface area (Å²) in [6.07, 6.45) is -2.80. The predicted molar refractivity (Wildman–Crippen MR) is 126 cm³/mol. The molecule has 184 valence electrons. The Morgan fingerprint density at radius 1 is 1.14 bits per heavy atom. The monoisotopic (exact) mass is 485 g/mol. The summed E-state index contributed by atoms with van der Waals surface area (Å²) >= 11 is 0. The van der Waals surface area contributed by atoms with Crippen molar-refractivity contribution in [3.05, 3.63) is 59.3 Å². The molecule has 5 rings (SSSR count). The Morgan fingerprint density at radius 3 is 2.60 bits per heavy atom. The first-order chi connectivity index (χ1) is 16.8. The number of ether oxygens (including phenoxy) is 1. The largest absolute Gasteiger partial charge is 0.416 e. The lowest BCUT2D eigenvalue weighted by atomic mass is 10.0. The van der Waals surface area contributed by atoms with Crippen LogP contribution in [0.15, 0.2) is 42.6 Å². The molecule has 0 radical (unpaired) electrons. The summed E-state index contributed by atoms with van der Waals surface area (Å²) in [7, 11) is 0. The predicted octanol–water partition coefficient (Wildman–Crippen LogP) is 3.86. The molecule has 3 heterocycles. The van der Waals surface area contributed by atoms with E-state index in [0.717, 1.165) is 30.2 Å². The molecule has 2 saturated heterocycles. The van der Waals surface area contributed by atoms with Gasteiger partial charge in [0, 0.05) is 43.8 Å². The topological polar surface area (TPSA) is 70.6 Å². The first-order valence-electron chi connectivity index (χ1n) is 11.6. The lowest BCUT2D eigenvalue weighted by molar-refractivity contribution is -0.150. The van der Waals surface area contributed by atoms with Crippen LogP contribution < -0.4 is 10.2 Å². The quantitative estimate of drug-likeness (QED) is 0.592. The fourth-order valence-corrected chi connectivity index (χ4v) is 4.58. The lowest BCUT2D eigenvalue weighted by Gasteiger charge is -2.39. The Hall–Kier alpha value is -3.40. The number of hydrogen-bond donors (Lipinski definition) is 1. The third-order valence-electron chi connectivity index (χ3n) is 6.79. The first kappa shape index (κ1) is 23.3. The van der Waals surface area contributed by atoms with Gasteiger partial charge in [0.05, 0.1) is 42.1 Å². The van der Waals surface area contributed by atoms with E-state index < -0.39 is 11.7 Å². The number of rotatable bonds is 5. The minimum atomic E-state index is -4.39. The number of amides is 1. The number of piperazine rings is 1. The summed E-state index contributed by atoms with van der Waals surface area (Å²) in [5.41, 5.74) is 2.55. The number of alkyl halides is 3. The zero-order valence-corrected chi connectivity index (χ0v) is 19.3. The number of hydrogen-bond acceptors (Lipinski definition) is 6. The molecule has 0 aliphatic carbocycles. The summed E-state index contributed by atoms with van der Waals surface area (Å²) < 4.78 is 45.0. The summed E-state index contributed by atoms with van der Waals surface area (Å²) in [5, 5.41) is 12.3. The van der Waals surface area contributed by atoms with Gasteiger partial charge in [-0.2, -0.15) is 23.4 Å². The third-order valence-corrected chi connectivity index (χ3v) is 6.79. The van der Waals surface area contributed by atoms with E-state index in [1.54, 1.807) is 12.3 Å². The average Bonchev–Trinajstić information content (AvgIpc) is 2.81. The molecule has 0 saturated carbocycles. The van der Waals surface area contributed by atoms with Gasteiger partial charge in [-0.1, -0.05) is 12.1 Å². The van der Waals surface area contributed by atoms with Crippen molar-refractivity contribution in [1.29, 1.82) is 0 Å². The van der Waals surface area contributed by atoms with Crippen LogP contribution in [0.2, 0.25) is 0 Å². The molecule has 2 fully saturated rings. The van der Waals surface area contributed by atoms with Crippen LogP contribution in [0.1, 0.15) is 16.7 Å². The summed E-state index contributed by atoms with van der Waals surface area (Å²) in [6.45, 7) is 5.49. The first-order valence-corrected chi connectivity index (χ1v) is 11.6. The van der Waals surface area contributed by atoms with Gasteiger partial charge in [-0.05, 0) is 42.3 Å². The van der Waals surface area contributed by atoms with Crippen LogP contribution in [0.25, 0.3) is 10.9 Å². The Labute approximate surface area is 200 Å². The third kappa shape index (κ3) is 4.75. The molecule has 3 aromatic rings. The Bertz CT molecular complexity index is 1240. The molecule has 1 N–H and O–H groups in total. The molecule has 2 aliphatic rings. The van der Waals surface area contributed by atoms with Crippen LogP contribution in [0, 0.1) is 12.8 Å². The van der Waals surface area contributed by atoms with Gasteiger partial charge in [0.1, 0.15) is 0 Å². The number of nitrogens with zero attached hydrogens (tertiary/aromatic N) is 4. The van der Waals surface area contributed by atoms with Crippen molar-refractivity contribution in [1.82, 2.24) is 15.1 Å². The van der Waals surface area contributed by atoms with Crippen LogP contribution in [0.3, 0.4) is 0 Å². The van der Waals surface area contributed by atoms with E-state index in [1.807, 2.05) is 23.1 Å². The summed E-state index contributed by atoms with van der Waals surface area (Å²) in [6, 6.07) is 10.1.